The Kier molecular flexibility index (Phi) is 3.05. The molecule has 2 rings (SSSR count). The lowest BCUT2D eigenvalue weighted by atomic mass is 10.3. The van der Waals surface area contributed by atoms with Crippen LogP contribution < -0.4 is 11.1 Å². The van der Waals surface area contributed by atoms with Crippen LogP contribution in [0.4, 0.5) is 11.5 Å². The lowest BCUT2D eigenvalue weighted by Gasteiger charge is -2.06. The van der Waals surface area contributed by atoms with E-state index < -0.39 is 0 Å². The van der Waals surface area contributed by atoms with E-state index in [1.54, 1.807) is 24.8 Å². The zero-order valence-electron chi connectivity index (χ0n) is 10.6. The first-order valence-electron chi connectivity index (χ1n) is 5.64. The molecule has 1 amide bonds. The summed E-state index contributed by atoms with van der Waals surface area (Å²) in [4.78, 5) is 12.1. The standard InChI is InChI=1S/C11H16N6O/c1-4-7-5-9(16(2)15-7)11(18)14-10-8(12)6-13-17(10)3/h5-6H,4,12H2,1-3H3,(H,14,18). The number of nitrogen functional groups attached to an aromatic ring is 1. The van der Waals surface area contributed by atoms with Gasteiger partial charge in [-0.3, -0.25) is 14.2 Å². The molecule has 0 fully saturated rings. The van der Waals surface area contributed by atoms with Gasteiger partial charge in [0.05, 0.1) is 17.6 Å². The third-order valence-electron chi connectivity index (χ3n) is 2.72. The smallest absolute Gasteiger partial charge is 0.275 e. The molecule has 3 N–H and O–H groups in total. The van der Waals surface area contributed by atoms with Crippen molar-refractivity contribution in [3.63, 3.8) is 0 Å². The number of nitrogens with one attached hydrogen (secondary N) is 1. The van der Waals surface area contributed by atoms with E-state index >= 15 is 0 Å². The van der Waals surface area contributed by atoms with Gasteiger partial charge in [0.1, 0.15) is 5.69 Å². The van der Waals surface area contributed by atoms with Gasteiger partial charge in [-0.25, -0.2) is 0 Å². The van der Waals surface area contributed by atoms with Gasteiger partial charge in [-0.05, 0) is 12.5 Å². The number of aromatic nitrogens is 4. The second kappa shape index (κ2) is 4.52. The molecule has 2 aromatic rings. The first-order chi connectivity index (χ1) is 8.52. The van der Waals surface area contributed by atoms with Crippen LogP contribution >= 0.6 is 0 Å². The molecule has 0 radical (unpaired) electrons. The molecule has 0 bridgehead atoms. The first kappa shape index (κ1) is 12.2. The van der Waals surface area contributed by atoms with Crippen LogP contribution in [0.25, 0.3) is 0 Å². The van der Waals surface area contributed by atoms with Crippen molar-refractivity contribution in [2.24, 2.45) is 14.1 Å². The number of carbonyl (C=O) groups is 1. The molecule has 0 aliphatic rings. The van der Waals surface area contributed by atoms with Crippen molar-refractivity contribution in [2.75, 3.05) is 11.1 Å². The Hall–Kier alpha value is -2.31. The number of amides is 1. The van der Waals surface area contributed by atoms with Gasteiger partial charge in [-0.2, -0.15) is 10.2 Å². The first-order valence-corrected chi connectivity index (χ1v) is 5.64. The van der Waals surface area contributed by atoms with E-state index in [1.165, 1.54) is 10.9 Å². The van der Waals surface area contributed by atoms with Gasteiger partial charge in [0.2, 0.25) is 0 Å². The van der Waals surface area contributed by atoms with Crippen molar-refractivity contribution < 1.29 is 4.79 Å². The van der Waals surface area contributed by atoms with E-state index in [4.69, 9.17) is 5.73 Å². The number of aryl methyl sites for hydroxylation is 3. The molecular formula is C11H16N6O. The molecule has 0 spiro atoms. The fraction of sp³-hybridized carbons (Fsp3) is 0.364. The van der Waals surface area contributed by atoms with Crippen molar-refractivity contribution >= 4 is 17.4 Å². The van der Waals surface area contributed by atoms with Crippen molar-refractivity contribution in [3.8, 4) is 0 Å². The summed E-state index contributed by atoms with van der Waals surface area (Å²) >= 11 is 0. The molecule has 0 saturated heterocycles. The molecule has 0 aliphatic heterocycles. The predicted octanol–water partition coefficient (Wildman–Crippen LogP) is 0.550. The average molecular weight is 248 g/mol. The van der Waals surface area contributed by atoms with E-state index in [9.17, 15) is 4.79 Å². The Morgan fingerprint density at radius 1 is 1.44 bits per heavy atom. The number of hydrogen-bond acceptors (Lipinski definition) is 4. The Balaban J connectivity index is 2.24. The van der Waals surface area contributed by atoms with Gasteiger partial charge in [-0.1, -0.05) is 6.92 Å². The summed E-state index contributed by atoms with van der Waals surface area (Å²) < 4.78 is 3.07. The molecule has 0 saturated carbocycles. The second-order valence-corrected chi connectivity index (χ2v) is 4.02. The summed E-state index contributed by atoms with van der Waals surface area (Å²) in [6, 6.07) is 1.77. The van der Waals surface area contributed by atoms with Gasteiger partial charge >= 0.3 is 0 Å². The number of nitrogens with two attached hydrogens (primary N) is 1. The molecule has 7 heteroatoms. The highest BCUT2D eigenvalue weighted by molar-refractivity contribution is 6.04. The highest BCUT2D eigenvalue weighted by atomic mass is 16.2. The van der Waals surface area contributed by atoms with Crippen LogP contribution in [0.2, 0.25) is 0 Å². The van der Waals surface area contributed by atoms with Crippen molar-refractivity contribution in [1.82, 2.24) is 19.6 Å². The fourth-order valence-electron chi connectivity index (χ4n) is 1.69. The maximum absolute atomic E-state index is 12.1. The average Bonchev–Trinajstić information content (AvgIpc) is 2.86. The van der Waals surface area contributed by atoms with E-state index in [1.807, 2.05) is 6.92 Å². The quantitative estimate of drug-likeness (QED) is 0.830. The van der Waals surface area contributed by atoms with Crippen LogP contribution in [-0.4, -0.2) is 25.5 Å². The maximum Gasteiger partial charge on any atom is 0.275 e. The molecule has 0 aromatic carbocycles. The molecule has 96 valence electrons. The highest BCUT2D eigenvalue weighted by Gasteiger charge is 2.15. The van der Waals surface area contributed by atoms with Crippen LogP contribution in [0, 0.1) is 0 Å². The maximum atomic E-state index is 12.1. The van der Waals surface area contributed by atoms with Gasteiger partial charge < -0.3 is 11.1 Å². The Morgan fingerprint density at radius 3 is 2.67 bits per heavy atom. The van der Waals surface area contributed by atoms with Crippen LogP contribution in [-0.2, 0) is 20.5 Å². The van der Waals surface area contributed by atoms with Crippen molar-refractivity contribution in [2.45, 2.75) is 13.3 Å². The van der Waals surface area contributed by atoms with Gasteiger partial charge in [-0.15, -0.1) is 0 Å². The minimum atomic E-state index is -0.250. The van der Waals surface area contributed by atoms with Gasteiger partial charge in [0.25, 0.3) is 5.91 Å². The zero-order valence-corrected chi connectivity index (χ0v) is 10.6. The Labute approximate surface area is 105 Å². The Bertz CT molecular complexity index is 563. The van der Waals surface area contributed by atoms with Crippen molar-refractivity contribution in [3.05, 3.63) is 23.7 Å². The molecule has 0 unspecified atom stereocenters. The van der Waals surface area contributed by atoms with E-state index in [0.717, 1.165) is 12.1 Å². The summed E-state index contributed by atoms with van der Waals surface area (Å²) in [7, 11) is 3.45. The molecule has 2 heterocycles. The fourth-order valence-corrected chi connectivity index (χ4v) is 1.69. The van der Waals surface area contributed by atoms with Crippen LogP contribution in [0.5, 0.6) is 0 Å². The Morgan fingerprint density at radius 2 is 2.17 bits per heavy atom. The summed E-state index contributed by atoms with van der Waals surface area (Å²) in [5.74, 6) is 0.235. The van der Waals surface area contributed by atoms with E-state index in [0.29, 0.717) is 17.2 Å². The normalized spacial score (nSPS) is 10.6. The lowest BCUT2D eigenvalue weighted by molar-refractivity contribution is 0.101. The molecule has 7 nitrogen and oxygen atoms in total. The summed E-state index contributed by atoms with van der Waals surface area (Å²) in [5.41, 5.74) is 7.52. The monoisotopic (exact) mass is 248 g/mol. The summed E-state index contributed by atoms with van der Waals surface area (Å²) in [6.45, 7) is 1.99. The minimum absolute atomic E-state index is 0.250. The second-order valence-electron chi connectivity index (χ2n) is 4.02. The molecule has 18 heavy (non-hydrogen) atoms. The summed E-state index contributed by atoms with van der Waals surface area (Å²) in [5, 5.41) is 10.9. The van der Waals surface area contributed by atoms with Crippen LogP contribution in [0.1, 0.15) is 23.1 Å². The largest absolute Gasteiger partial charge is 0.394 e. The molecule has 0 aliphatic carbocycles. The lowest BCUT2D eigenvalue weighted by Crippen LogP contribution is -2.18. The van der Waals surface area contributed by atoms with Crippen molar-refractivity contribution in [1.29, 1.82) is 0 Å². The molecule has 2 aromatic heterocycles. The van der Waals surface area contributed by atoms with Gasteiger partial charge in [0, 0.05) is 14.1 Å². The van der Waals surface area contributed by atoms with E-state index in [-0.39, 0.29) is 5.91 Å². The molecule has 0 atom stereocenters. The number of nitrogens with zero attached hydrogens (tertiary/aromatic N) is 4. The number of hydrogen-bond donors (Lipinski definition) is 2. The SMILES string of the molecule is CCc1cc(C(=O)Nc2c(N)cnn2C)n(C)n1. The third-order valence-corrected chi connectivity index (χ3v) is 2.72. The van der Waals surface area contributed by atoms with Gasteiger partial charge in [0.15, 0.2) is 5.82 Å². The number of anilines is 2. The van der Waals surface area contributed by atoms with Crippen LogP contribution in [0.3, 0.4) is 0 Å². The zero-order chi connectivity index (χ0) is 13.3. The van der Waals surface area contributed by atoms with Crippen LogP contribution in [0.15, 0.2) is 12.3 Å². The number of rotatable bonds is 3. The van der Waals surface area contributed by atoms with E-state index in [2.05, 4.69) is 15.5 Å². The summed E-state index contributed by atoms with van der Waals surface area (Å²) in [6.07, 6.45) is 2.28. The highest BCUT2D eigenvalue weighted by Crippen LogP contribution is 2.17. The topological polar surface area (TPSA) is 90.8 Å². The predicted molar refractivity (Wildman–Crippen MR) is 68.2 cm³/mol. The number of carbonyl (C=O) groups excluding carboxylic acids is 1. The minimum Gasteiger partial charge on any atom is -0.394 e. The molecular weight excluding hydrogens is 232 g/mol. The third kappa shape index (κ3) is 2.06.